The third-order valence-electron chi connectivity index (χ3n) is 10.6. The molecule has 10 heteroatoms. The van der Waals surface area contributed by atoms with E-state index in [4.69, 9.17) is 12.8 Å². The summed E-state index contributed by atoms with van der Waals surface area (Å²) < 4.78 is 44.5. The number of carbonyl (C=O) groups excluding carboxylic acids is 2. The van der Waals surface area contributed by atoms with Crippen molar-refractivity contribution in [2.75, 3.05) is 6.61 Å². The third-order valence-corrected chi connectivity index (χ3v) is 16.5. The number of hydrogen-bond acceptors (Lipinski definition) is 7. The quantitative estimate of drug-likeness (QED) is 0.0651. The van der Waals surface area contributed by atoms with E-state index in [0.29, 0.717) is 6.42 Å². The van der Waals surface area contributed by atoms with E-state index in [1.165, 1.54) is 51.4 Å². The van der Waals surface area contributed by atoms with Crippen molar-refractivity contribution in [2.45, 2.75) is 134 Å². The fraction of sp³-hybridized carbons (Fsp3) is 0.524. The van der Waals surface area contributed by atoms with Gasteiger partial charge < -0.3 is 4.43 Å². The van der Waals surface area contributed by atoms with E-state index < -0.39 is 53.8 Å². The van der Waals surface area contributed by atoms with Crippen LogP contribution < -0.4 is 10.4 Å². The molecule has 0 saturated carbocycles. The van der Waals surface area contributed by atoms with Gasteiger partial charge in [0.1, 0.15) is 12.2 Å². The van der Waals surface area contributed by atoms with Crippen molar-refractivity contribution < 1.29 is 30.8 Å². The number of unbranched alkanes of at least 4 members (excludes halogenated alkanes) is 11. The van der Waals surface area contributed by atoms with Crippen LogP contribution in [-0.4, -0.2) is 58.3 Å². The molecule has 1 fully saturated rings. The second-order valence-corrected chi connectivity index (χ2v) is 20.9. The summed E-state index contributed by atoms with van der Waals surface area (Å²) in [6.45, 7) is 8.55. The molecule has 3 aromatic rings. The number of benzene rings is 3. The lowest BCUT2D eigenvalue weighted by atomic mass is 9.98. The molecule has 1 saturated heterocycles. The Bertz CT molecular complexity index is 1640. The van der Waals surface area contributed by atoms with Crippen molar-refractivity contribution in [1.29, 1.82) is 0 Å². The summed E-state index contributed by atoms with van der Waals surface area (Å²) in [7, 11) is -7.52. The minimum absolute atomic E-state index is 0.128. The maximum Gasteiger partial charge on any atom is 0.400 e. The molecule has 0 N–H and O–H groups in total. The monoisotopic (exact) mass is 747 g/mol. The Balaban J connectivity index is 1.38. The number of fused-ring (bicyclic) bond motifs is 1. The normalized spacial score (nSPS) is 19.3. The van der Waals surface area contributed by atoms with Crippen molar-refractivity contribution in [2.24, 2.45) is 0 Å². The number of nitrogens with zero attached hydrogens (tertiary/aromatic N) is 1. The maximum absolute atomic E-state index is 14.0. The van der Waals surface area contributed by atoms with Gasteiger partial charge in [0.05, 0.1) is 23.8 Å². The number of carbonyl (C=O) groups is 2. The Hall–Kier alpha value is -3.15. The summed E-state index contributed by atoms with van der Waals surface area (Å²) >= 11 is 0. The van der Waals surface area contributed by atoms with Gasteiger partial charge >= 0.3 is 10.4 Å². The fourth-order valence-corrected chi connectivity index (χ4v) is 13.6. The van der Waals surface area contributed by atoms with E-state index >= 15 is 0 Å². The highest BCUT2D eigenvalue weighted by atomic mass is 32.3. The van der Waals surface area contributed by atoms with Crippen LogP contribution in [0.25, 0.3) is 0 Å². The zero-order chi connectivity index (χ0) is 37.2. The molecule has 2 heterocycles. The molecule has 2 aliphatic heterocycles. The highest BCUT2D eigenvalue weighted by molar-refractivity contribution is 7.82. The molecule has 0 spiro atoms. The molecule has 0 aliphatic carbocycles. The Morgan fingerprint density at radius 1 is 0.673 bits per heavy atom. The second-order valence-electron chi connectivity index (χ2n) is 15.3. The minimum Gasteiger partial charge on any atom is -0.405 e. The molecular formula is C42H57NO7SSi. The zero-order valence-electron chi connectivity index (χ0n) is 31.4. The summed E-state index contributed by atoms with van der Waals surface area (Å²) in [4.78, 5) is 29.2. The molecule has 2 amide bonds. The first-order valence-corrected chi connectivity index (χ1v) is 22.6. The average molecular weight is 748 g/mol. The highest BCUT2D eigenvalue weighted by Gasteiger charge is 2.55. The summed E-state index contributed by atoms with van der Waals surface area (Å²) in [6.07, 6.45) is 12.6. The van der Waals surface area contributed by atoms with Crippen LogP contribution in [0.1, 0.15) is 132 Å². The van der Waals surface area contributed by atoms with Gasteiger partial charge in [0.15, 0.2) is 0 Å². The van der Waals surface area contributed by atoms with E-state index in [2.05, 4.69) is 52.0 Å². The lowest BCUT2D eigenvalue weighted by Gasteiger charge is -2.44. The van der Waals surface area contributed by atoms with E-state index in [-0.39, 0.29) is 17.7 Å². The van der Waals surface area contributed by atoms with Gasteiger partial charge in [-0.05, 0) is 34.0 Å². The van der Waals surface area contributed by atoms with Gasteiger partial charge in [-0.15, -0.1) is 0 Å². The van der Waals surface area contributed by atoms with E-state index in [0.717, 1.165) is 41.0 Å². The largest absolute Gasteiger partial charge is 0.405 e. The number of amides is 2. The SMILES string of the molecule is CCCCCCCCCCCCCC[C@@H]1OS(=O)(=O)O[C@H]1[C@H](CO[Si](c1ccccc1)(c1ccccc1)C(C)(C)C)N1C(=O)c2ccccc2C1=O. The van der Waals surface area contributed by atoms with Crippen LogP contribution >= 0.6 is 0 Å². The van der Waals surface area contributed by atoms with Crippen LogP contribution in [0.5, 0.6) is 0 Å². The zero-order valence-corrected chi connectivity index (χ0v) is 33.2. The van der Waals surface area contributed by atoms with Gasteiger partial charge in [0, 0.05) is 0 Å². The standard InChI is InChI=1S/C42H57NO7SSi/c1-5-6-7-8-9-10-11-12-13-14-15-22-31-38-39(50-51(46,47)49-38)37(43-40(44)35-29-23-24-30-36(35)41(43)45)32-48-52(42(2,3)4,33-25-18-16-19-26-33)34-27-20-17-21-28-34/h16-21,23-30,37-39H,5-15,22,31-32H2,1-4H3/t37-,38-,39-/m0/s1. The number of imide groups is 1. The van der Waals surface area contributed by atoms with E-state index in [1.54, 1.807) is 24.3 Å². The molecule has 2 aliphatic rings. The first kappa shape index (κ1) is 40.0. The molecular weight excluding hydrogens is 691 g/mol. The fourth-order valence-electron chi connectivity index (χ4n) is 7.94. The Labute approximate surface area is 312 Å². The van der Waals surface area contributed by atoms with Crippen LogP contribution in [0.15, 0.2) is 84.9 Å². The van der Waals surface area contributed by atoms with Crippen LogP contribution in [0.4, 0.5) is 0 Å². The minimum atomic E-state index is -4.37. The molecule has 0 unspecified atom stereocenters. The van der Waals surface area contributed by atoms with Gasteiger partial charge in [-0.1, -0.05) is 178 Å². The number of hydrogen-bond donors (Lipinski definition) is 0. The second kappa shape index (κ2) is 18.3. The molecule has 3 atom stereocenters. The van der Waals surface area contributed by atoms with Crippen LogP contribution in [0.3, 0.4) is 0 Å². The van der Waals surface area contributed by atoms with E-state index in [9.17, 15) is 18.0 Å². The van der Waals surface area contributed by atoms with Gasteiger partial charge in [0.2, 0.25) is 0 Å². The molecule has 5 rings (SSSR count). The molecule has 0 bridgehead atoms. The van der Waals surface area contributed by atoms with Crippen molar-refractivity contribution in [1.82, 2.24) is 4.90 Å². The maximum atomic E-state index is 14.0. The van der Waals surface area contributed by atoms with Gasteiger partial charge in [-0.2, -0.15) is 8.42 Å². The molecule has 3 aromatic carbocycles. The summed E-state index contributed by atoms with van der Waals surface area (Å²) in [6, 6.07) is 25.8. The van der Waals surface area contributed by atoms with Gasteiger partial charge in [0.25, 0.3) is 20.1 Å². The van der Waals surface area contributed by atoms with Crippen molar-refractivity contribution >= 4 is 40.9 Å². The van der Waals surface area contributed by atoms with Gasteiger partial charge in [-0.3, -0.25) is 14.5 Å². The molecule has 8 nitrogen and oxygen atoms in total. The summed E-state index contributed by atoms with van der Waals surface area (Å²) in [5.41, 5.74) is 0.560. The average Bonchev–Trinajstić information content (AvgIpc) is 3.58. The Morgan fingerprint density at radius 3 is 1.58 bits per heavy atom. The molecule has 0 aromatic heterocycles. The highest BCUT2D eigenvalue weighted by Crippen LogP contribution is 2.39. The van der Waals surface area contributed by atoms with E-state index in [1.807, 2.05) is 36.4 Å². The lowest BCUT2D eigenvalue weighted by Crippen LogP contribution is -2.68. The summed E-state index contributed by atoms with van der Waals surface area (Å²) in [5.74, 6) is -0.984. The van der Waals surface area contributed by atoms with Crippen molar-refractivity contribution in [3.05, 3.63) is 96.1 Å². The predicted octanol–water partition coefficient (Wildman–Crippen LogP) is 8.35. The van der Waals surface area contributed by atoms with Crippen LogP contribution in [-0.2, 0) is 23.2 Å². The van der Waals surface area contributed by atoms with Crippen LogP contribution in [0.2, 0.25) is 5.04 Å². The lowest BCUT2D eigenvalue weighted by molar-refractivity contribution is 0.0181. The molecule has 0 radical (unpaired) electrons. The topological polar surface area (TPSA) is 99.2 Å². The predicted molar refractivity (Wildman–Crippen MR) is 209 cm³/mol. The van der Waals surface area contributed by atoms with Crippen molar-refractivity contribution in [3.63, 3.8) is 0 Å². The third kappa shape index (κ3) is 9.31. The number of rotatable bonds is 20. The molecule has 52 heavy (non-hydrogen) atoms. The Kier molecular flexibility index (Phi) is 14.1. The first-order valence-electron chi connectivity index (χ1n) is 19.3. The van der Waals surface area contributed by atoms with Gasteiger partial charge in [-0.25, -0.2) is 8.37 Å². The van der Waals surface area contributed by atoms with Crippen LogP contribution in [0, 0.1) is 0 Å². The molecule has 282 valence electrons. The Morgan fingerprint density at radius 2 is 1.12 bits per heavy atom. The first-order chi connectivity index (χ1) is 25.0. The smallest absolute Gasteiger partial charge is 0.400 e. The van der Waals surface area contributed by atoms with Crippen molar-refractivity contribution in [3.8, 4) is 0 Å². The summed E-state index contributed by atoms with van der Waals surface area (Å²) in [5, 5.41) is 1.66.